The van der Waals surface area contributed by atoms with Crippen LogP contribution in [0.5, 0.6) is 0 Å². The second kappa shape index (κ2) is 6.57. The molecular formula is C21H21NO4. The third-order valence-corrected chi connectivity index (χ3v) is 5.26. The minimum atomic E-state index is -0.868. The van der Waals surface area contributed by atoms with Crippen molar-refractivity contribution in [3.05, 3.63) is 65.2 Å². The molecule has 1 amide bonds. The Balaban J connectivity index is 1.78. The largest absolute Gasteiger partial charge is 0.468 e. The van der Waals surface area contributed by atoms with Crippen LogP contribution in [0, 0.1) is 12.8 Å². The fourth-order valence-corrected chi connectivity index (χ4v) is 4.01. The average molecular weight is 351 g/mol. The predicted molar refractivity (Wildman–Crippen MR) is 96.5 cm³/mol. The topological polar surface area (TPSA) is 55.8 Å². The molecule has 134 valence electrons. The maximum absolute atomic E-state index is 13.3. The van der Waals surface area contributed by atoms with Gasteiger partial charge in [0.25, 0.3) is 0 Å². The molecule has 2 aromatic rings. The van der Waals surface area contributed by atoms with Crippen LogP contribution in [-0.4, -0.2) is 25.2 Å². The molecule has 0 saturated carbocycles. The van der Waals surface area contributed by atoms with Crippen molar-refractivity contribution < 1.29 is 19.1 Å². The summed E-state index contributed by atoms with van der Waals surface area (Å²) in [5.74, 6) is -1.89. The number of amides is 1. The van der Waals surface area contributed by atoms with Crippen molar-refractivity contribution in [2.75, 3.05) is 12.0 Å². The molecule has 5 nitrogen and oxygen atoms in total. The fraction of sp³-hybridized carbons (Fsp3) is 0.333. The molecule has 2 aliphatic heterocycles. The molecule has 1 fully saturated rings. The average Bonchev–Trinajstić information content (AvgIpc) is 2.66. The molecule has 3 atom stereocenters. The first kappa shape index (κ1) is 16.8. The summed E-state index contributed by atoms with van der Waals surface area (Å²) in [6.07, 6.45) is 0.187. The van der Waals surface area contributed by atoms with Gasteiger partial charge in [-0.2, -0.15) is 0 Å². The van der Waals surface area contributed by atoms with Crippen LogP contribution in [0.25, 0.3) is 0 Å². The Labute approximate surface area is 152 Å². The van der Waals surface area contributed by atoms with Gasteiger partial charge in [0.15, 0.2) is 0 Å². The zero-order chi connectivity index (χ0) is 18.3. The van der Waals surface area contributed by atoms with Crippen LogP contribution < -0.4 is 4.90 Å². The zero-order valence-corrected chi connectivity index (χ0v) is 14.8. The first-order valence-corrected chi connectivity index (χ1v) is 8.77. The van der Waals surface area contributed by atoms with Gasteiger partial charge in [0, 0.05) is 17.9 Å². The van der Waals surface area contributed by atoms with E-state index in [1.807, 2.05) is 55.5 Å². The third-order valence-electron chi connectivity index (χ3n) is 5.26. The van der Waals surface area contributed by atoms with Gasteiger partial charge in [-0.3, -0.25) is 14.5 Å². The van der Waals surface area contributed by atoms with Gasteiger partial charge in [-0.25, -0.2) is 0 Å². The van der Waals surface area contributed by atoms with Crippen molar-refractivity contribution in [3.63, 3.8) is 0 Å². The quantitative estimate of drug-likeness (QED) is 0.616. The standard InChI is InChI=1S/C21H21NO4/c1-13-6-5-8-14(10-13)16-11-18-22(20(23)19(16)21(24)25-2)17-9-4-3-7-15(17)12-26-18/h3-10,16,18-19H,11-12H2,1-2H3/t16-,18-,19-/m1/s1. The number of hydrogen-bond donors (Lipinski definition) is 0. The van der Waals surface area contributed by atoms with E-state index in [9.17, 15) is 9.59 Å². The summed E-state index contributed by atoms with van der Waals surface area (Å²) in [5.41, 5.74) is 3.84. The number of benzene rings is 2. The Bertz CT molecular complexity index is 863. The van der Waals surface area contributed by atoms with Crippen molar-refractivity contribution in [2.45, 2.75) is 32.1 Å². The molecule has 0 bridgehead atoms. The van der Waals surface area contributed by atoms with Gasteiger partial charge < -0.3 is 9.47 Å². The van der Waals surface area contributed by atoms with E-state index in [0.29, 0.717) is 13.0 Å². The number of rotatable bonds is 2. The number of methoxy groups -OCH3 is 1. The molecule has 1 saturated heterocycles. The molecule has 0 unspecified atom stereocenters. The van der Waals surface area contributed by atoms with E-state index in [0.717, 1.165) is 22.4 Å². The first-order chi connectivity index (χ1) is 12.6. The van der Waals surface area contributed by atoms with Crippen LogP contribution in [0.1, 0.15) is 29.0 Å². The summed E-state index contributed by atoms with van der Waals surface area (Å²) in [7, 11) is 1.33. The van der Waals surface area contributed by atoms with Crippen LogP contribution in [-0.2, 0) is 25.7 Å². The van der Waals surface area contributed by atoms with Crippen LogP contribution in [0.3, 0.4) is 0 Å². The number of nitrogens with zero attached hydrogens (tertiary/aromatic N) is 1. The zero-order valence-electron chi connectivity index (χ0n) is 14.8. The SMILES string of the molecule is COC(=O)[C@H]1C(=O)N2c3ccccc3CO[C@@H]2C[C@@H]1c1cccc(C)c1. The summed E-state index contributed by atoms with van der Waals surface area (Å²) in [6.45, 7) is 2.47. The van der Waals surface area contributed by atoms with Gasteiger partial charge in [-0.05, 0) is 18.6 Å². The molecule has 2 aliphatic rings. The fourth-order valence-electron chi connectivity index (χ4n) is 4.01. The highest BCUT2D eigenvalue weighted by atomic mass is 16.5. The highest BCUT2D eigenvalue weighted by molar-refractivity contribution is 6.08. The number of ether oxygens (including phenoxy) is 2. The molecule has 4 rings (SSSR count). The number of para-hydroxylation sites is 1. The van der Waals surface area contributed by atoms with E-state index >= 15 is 0 Å². The predicted octanol–water partition coefficient (Wildman–Crippen LogP) is 3.16. The lowest BCUT2D eigenvalue weighted by Crippen LogP contribution is -2.56. The van der Waals surface area contributed by atoms with Crippen LogP contribution in [0.2, 0.25) is 0 Å². The third kappa shape index (κ3) is 2.69. The first-order valence-electron chi connectivity index (χ1n) is 8.77. The number of hydrogen-bond acceptors (Lipinski definition) is 4. The Morgan fingerprint density at radius 2 is 2.00 bits per heavy atom. The monoisotopic (exact) mass is 351 g/mol. The molecule has 5 heteroatoms. The Morgan fingerprint density at radius 1 is 1.19 bits per heavy atom. The van der Waals surface area contributed by atoms with Gasteiger partial charge in [0.2, 0.25) is 5.91 Å². The van der Waals surface area contributed by atoms with Crippen molar-refractivity contribution in [1.29, 1.82) is 0 Å². The maximum atomic E-state index is 13.3. The van der Waals surface area contributed by atoms with Crippen molar-refractivity contribution in [1.82, 2.24) is 0 Å². The Hall–Kier alpha value is -2.66. The Kier molecular flexibility index (Phi) is 4.24. The number of carbonyl (C=O) groups excluding carboxylic acids is 2. The summed E-state index contributed by atoms with van der Waals surface area (Å²) in [5, 5.41) is 0. The molecule has 0 aliphatic carbocycles. The summed E-state index contributed by atoms with van der Waals surface area (Å²) >= 11 is 0. The second-order valence-corrected chi connectivity index (χ2v) is 6.86. The molecular weight excluding hydrogens is 330 g/mol. The number of carbonyl (C=O) groups is 2. The van der Waals surface area contributed by atoms with E-state index in [1.165, 1.54) is 7.11 Å². The molecule has 2 aromatic carbocycles. The van der Waals surface area contributed by atoms with Crippen LogP contribution in [0.4, 0.5) is 5.69 Å². The van der Waals surface area contributed by atoms with E-state index in [4.69, 9.17) is 9.47 Å². The smallest absolute Gasteiger partial charge is 0.318 e. The highest BCUT2D eigenvalue weighted by Crippen LogP contribution is 2.43. The molecule has 2 heterocycles. The highest BCUT2D eigenvalue weighted by Gasteiger charge is 2.49. The van der Waals surface area contributed by atoms with Crippen LogP contribution >= 0.6 is 0 Å². The Morgan fingerprint density at radius 3 is 2.77 bits per heavy atom. The lowest BCUT2D eigenvalue weighted by molar-refractivity contribution is -0.154. The van der Waals surface area contributed by atoms with E-state index in [2.05, 4.69) is 0 Å². The van der Waals surface area contributed by atoms with Gasteiger partial charge >= 0.3 is 5.97 Å². The molecule has 0 radical (unpaired) electrons. The molecule has 0 N–H and O–H groups in total. The minimum absolute atomic E-state index is 0.258. The minimum Gasteiger partial charge on any atom is -0.468 e. The normalized spacial score (nSPS) is 24.6. The van der Waals surface area contributed by atoms with Gasteiger partial charge in [0.05, 0.1) is 19.4 Å². The van der Waals surface area contributed by atoms with E-state index in [1.54, 1.807) is 4.90 Å². The summed E-state index contributed by atoms with van der Waals surface area (Å²) in [6, 6.07) is 15.6. The lowest BCUT2D eigenvalue weighted by atomic mass is 9.78. The number of piperidine rings is 1. The second-order valence-electron chi connectivity index (χ2n) is 6.86. The van der Waals surface area contributed by atoms with Crippen molar-refractivity contribution in [3.8, 4) is 0 Å². The van der Waals surface area contributed by atoms with E-state index < -0.39 is 11.9 Å². The number of anilines is 1. The van der Waals surface area contributed by atoms with Gasteiger partial charge in [-0.1, -0.05) is 48.0 Å². The van der Waals surface area contributed by atoms with Crippen molar-refractivity contribution >= 4 is 17.6 Å². The number of aryl methyl sites for hydroxylation is 1. The summed E-state index contributed by atoms with van der Waals surface area (Å²) < 4.78 is 11.0. The van der Waals surface area contributed by atoms with Gasteiger partial charge in [-0.15, -0.1) is 0 Å². The van der Waals surface area contributed by atoms with Crippen LogP contribution in [0.15, 0.2) is 48.5 Å². The molecule has 26 heavy (non-hydrogen) atoms. The number of fused-ring (bicyclic) bond motifs is 3. The molecule has 0 spiro atoms. The molecule has 0 aromatic heterocycles. The lowest BCUT2D eigenvalue weighted by Gasteiger charge is -2.45. The van der Waals surface area contributed by atoms with E-state index in [-0.39, 0.29) is 18.1 Å². The van der Waals surface area contributed by atoms with Gasteiger partial charge in [0.1, 0.15) is 12.1 Å². The maximum Gasteiger partial charge on any atom is 0.318 e. The van der Waals surface area contributed by atoms with Crippen molar-refractivity contribution in [2.24, 2.45) is 5.92 Å². The summed E-state index contributed by atoms with van der Waals surface area (Å²) in [4.78, 5) is 27.5. The number of esters is 1.